The van der Waals surface area contributed by atoms with Crippen LogP contribution in [0.1, 0.15) is 0 Å². The molecule has 0 aliphatic heterocycles. The minimum Gasteiger partial charge on any atom is -0.399 e. The summed E-state index contributed by atoms with van der Waals surface area (Å²) in [5, 5.41) is 2.63. The zero-order valence-electron chi connectivity index (χ0n) is 10.7. The molecule has 0 saturated heterocycles. The second-order valence-electron chi connectivity index (χ2n) is 4.16. The Bertz CT molecular complexity index is 684. The standard InChI is InChI=1S/C14H11BrClFN2OS/c15-10-5-8(18)1-4-13(10)21-7-14(20)19-9-2-3-12(17)11(16)6-9/h1-6H,7,18H2,(H,19,20). The number of hydrogen-bond donors (Lipinski definition) is 2. The number of nitrogen functional groups attached to an aromatic ring is 1. The molecule has 2 rings (SSSR count). The fourth-order valence-electron chi connectivity index (χ4n) is 1.55. The molecule has 2 aromatic rings. The van der Waals surface area contributed by atoms with E-state index < -0.39 is 5.82 Å². The maximum Gasteiger partial charge on any atom is 0.234 e. The lowest BCUT2D eigenvalue weighted by Crippen LogP contribution is -2.14. The fourth-order valence-corrected chi connectivity index (χ4v) is 3.19. The van der Waals surface area contributed by atoms with Crippen molar-refractivity contribution >= 4 is 56.6 Å². The molecule has 0 atom stereocenters. The van der Waals surface area contributed by atoms with E-state index in [1.54, 1.807) is 12.1 Å². The molecule has 3 nitrogen and oxygen atoms in total. The third-order valence-electron chi connectivity index (χ3n) is 2.52. The van der Waals surface area contributed by atoms with Gasteiger partial charge in [-0.3, -0.25) is 4.79 Å². The van der Waals surface area contributed by atoms with E-state index in [-0.39, 0.29) is 16.7 Å². The van der Waals surface area contributed by atoms with E-state index in [1.165, 1.54) is 30.0 Å². The quantitative estimate of drug-likeness (QED) is 0.595. The topological polar surface area (TPSA) is 55.1 Å². The van der Waals surface area contributed by atoms with E-state index >= 15 is 0 Å². The number of nitrogens with one attached hydrogen (secondary N) is 1. The number of amides is 1. The van der Waals surface area contributed by atoms with Gasteiger partial charge in [-0.2, -0.15) is 0 Å². The van der Waals surface area contributed by atoms with Crippen LogP contribution in [0.25, 0.3) is 0 Å². The van der Waals surface area contributed by atoms with E-state index in [0.717, 1.165) is 9.37 Å². The molecule has 0 radical (unpaired) electrons. The van der Waals surface area contributed by atoms with Crippen molar-refractivity contribution in [2.75, 3.05) is 16.8 Å². The number of anilines is 2. The normalized spacial score (nSPS) is 10.4. The molecular weight excluding hydrogens is 379 g/mol. The SMILES string of the molecule is Nc1ccc(SCC(=O)Nc2ccc(F)c(Cl)c2)c(Br)c1. The molecule has 0 saturated carbocycles. The molecule has 3 N–H and O–H groups in total. The summed E-state index contributed by atoms with van der Waals surface area (Å²) < 4.78 is 13.9. The van der Waals surface area contributed by atoms with Crippen molar-refractivity contribution in [3.63, 3.8) is 0 Å². The van der Waals surface area contributed by atoms with Crippen LogP contribution in [0.3, 0.4) is 0 Å². The number of carbonyl (C=O) groups excluding carboxylic acids is 1. The summed E-state index contributed by atoms with van der Waals surface area (Å²) >= 11 is 10.4. The third kappa shape index (κ3) is 4.62. The van der Waals surface area contributed by atoms with Crippen LogP contribution in [-0.2, 0) is 4.79 Å². The first kappa shape index (κ1) is 16.1. The maximum absolute atomic E-state index is 13.0. The lowest BCUT2D eigenvalue weighted by atomic mass is 10.3. The van der Waals surface area contributed by atoms with Gasteiger partial charge < -0.3 is 11.1 Å². The third-order valence-corrected chi connectivity index (χ3v) is 4.80. The van der Waals surface area contributed by atoms with Crippen molar-refractivity contribution < 1.29 is 9.18 Å². The van der Waals surface area contributed by atoms with Crippen LogP contribution >= 0.6 is 39.3 Å². The van der Waals surface area contributed by atoms with Crippen LogP contribution < -0.4 is 11.1 Å². The molecule has 21 heavy (non-hydrogen) atoms. The minimum atomic E-state index is -0.519. The Hall–Kier alpha value is -1.24. The second kappa shape index (κ2) is 7.15. The van der Waals surface area contributed by atoms with Gasteiger partial charge in [0.15, 0.2) is 0 Å². The highest BCUT2D eigenvalue weighted by Gasteiger charge is 2.08. The zero-order chi connectivity index (χ0) is 15.4. The molecule has 0 aliphatic carbocycles. The van der Waals surface area contributed by atoms with E-state index in [1.807, 2.05) is 6.07 Å². The van der Waals surface area contributed by atoms with E-state index in [2.05, 4.69) is 21.2 Å². The van der Waals surface area contributed by atoms with Crippen molar-refractivity contribution in [2.24, 2.45) is 0 Å². The lowest BCUT2D eigenvalue weighted by molar-refractivity contribution is -0.113. The lowest BCUT2D eigenvalue weighted by Gasteiger charge is -2.07. The van der Waals surface area contributed by atoms with Gasteiger partial charge in [-0.05, 0) is 52.3 Å². The molecule has 0 fully saturated rings. The molecule has 0 spiro atoms. The van der Waals surface area contributed by atoms with Crippen molar-refractivity contribution in [1.82, 2.24) is 0 Å². The molecule has 0 bridgehead atoms. The summed E-state index contributed by atoms with van der Waals surface area (Å²) in [6.45, 7) is 0. The Kier molecular flexibility index (Phi) is 5.50. The molecule has 0 aliphatic rings. The van der Waals surface area contributed by atoms with Gasteiger partial charge in [0.1, 0.15) is 5.82 Å². The smallest absolute Gasteiger partial charge is 0.234 e. The molecular formula is C14H11BrClFN2OS. The first-order valence-electron chi connectivity index (χ1n) is 5.88. The van der Waals surface area contributed by atoms with Crippen molar-refractivity contribution in [2.45, 2.75) is 4.90 Å². The minimum absolute atomic E-state index is 0.0262. The van der Waals surface area contributed by atoms with E-state index in [4.69, 9.17) is 17.3 Å². The van der Waals surface area contributed by atoms with Gasteiger partial charge in [-0.1, -0.05) is 11.6 Å². The first-order valence-corrected chi connectivity index (χ1v) is 8.04. The summed E-state index contributed by atoms with van der Waals surface area (Å²) in [6.07, 6.45) is 0. The Morgan fingerprint density at radius 3 is 2.76 bits per heavy atom. The molecule has 0 aromatic heterocycles. The van der Waals surface area contributed by atoms with Crippen LogP contribution in [0.15, 0.2) is 45.8 Å². The van der Waals surface area contributed by atoms with Crippen molar-refractivity contribution in [3.05, 3.63) is 51.7 Å². The fraction of sp³-hybridized carbons (Fsp3) is 0.0714. The van der Waals surface area contributed by atoms with Crippen LogP contribution in [0.2, 0.25) is 5.02 Å². The van der Waals surface area contributed by atoms with Crippen LogP contribution in [0, 0.1) is 5.82 Å². The number of carbonyl (C=O) groups is 1. The largest absolute Gasteiger partial charge is 0.399 e. The Balaban J connectivity index is 1.94. The van der Waals surface area contributed by atoms with Gasteiger partial charge in [-0.25, -0.2) is 4.39 Å². The number of hydrogen-bond acceptors (Lipinski definition) is 3. The van der Waals surface area contributed by atoms with Gasteiger partial charge in [0.25, 0.3) is 0 Å². The van der Waals surface area contributed by atoms with Gasteiger partial charge in [0, 0.05) is 20.7 Å². The molecule has 7 heteroatoms. The number of thioether (sulfide) groups is 1. The summed E-state index contributed by atoms with van der Waals surface area (Å²) in [5.74, 6) is -0.501. The molecule has 110 valence electrons. The van der Waals surface area contributed by atoms with Gasteiger partial charge in [-0.15, -0.1) is 11.8 Å². The average Bonchev–Trinajstić information content (AvgIpc) is 2.42. The highest BCUT2D eigenvalue weighted by atomic mass is 79.9. The van der Waals surface area contributed by atoms with Gasteiger partial charge in [0.05, 0.1) is 10.8 Å². The predicted octanol–water partition coefficient (Wildman–Crippen LogP) is 4.55. The summed E-state index contributed by atoms with van der Waals surface area (Å²) in [6, 6.07) is 9.43. The molecule has 0 heterocycles. The van der Waals surface area contributed by atoms with Crippen LogP contribution in [0.5, 0.6) is 0 Å². The maximum atomic E-state index is 13.0. The monoisotopic (exact) mass is 388 g/mol. The number of rotatable bonds is 4. The molecule has 2 aromatic carbocycles. The van der Waals surface area contributed by atoms with Crippen LogP contribution in [0.4, 0.5) is 15.8 Å². The van der Waals surface area contributed by atoms with Crippen molar-refractivity contribution in [3.8, 4) is 0 Å². The van der Waals surface area contributed by atoms with Crippen LogP contribution in [-0.4, -0.2) is 11.7 Å². The van der Waals surface area contributed by atoms with Gasteiger partial charge >= 0.3 is 0 Å². The van der Waals surface area contributed by atoms with Crippen molar-refractivity contribution in [1.29, 1.82) is 0 Å². The number of halogens is 3. The summed E-state index contributed by atoms with van der Waals surface area (Å²) in [4.78, 5) is 12.8. The average molecular weight is 390 g/mol. The summed E-state index contributed by atoms with van der Waals surface area (Å²) in [7, 11) is 0. The van der Waals surface area contributed by atoms with Gasteiger partial charge in [0.2, 0.25) is 5.91 Å². The Morgan fingerprint density at radius 2 is 2.10 bits per heavy atom. The second-order valence-corrected chi connectivity index (χ2v) is 6.43. The van der Waals surface area contributed by atoms with E-state index in [9.17, 15) is 9.18 Å². The highest BCUT2D eigenvalue weighted by molar-refractivity contribution is 9.10. The Labute approximate surface area is 139 Å². The summed E-state index contributed by atoms with van der Waals surface area (Å²) in [5.41, 5.74) is 6.76. The van der Waals surface area contributed by atoms with E-state index in [0.29, 0.717) is 11.4 Å². The predicted molar refractivity (Wildman–Crippen MR) is 89.3 cm³/mol. The number of benzene rings is 2. The molecule has 0 unspecified atom stereocenters. The number of nitrogens with two attached hydrogens (primary N) is 1. The zero-order valence-corrected chi connectivity index (χ0v) is 13.9. The first-order chi connectivity index (χ1) is 9.95. The molecule has 1 amide bonds. The Morgan fingerprint density at radius 1 is 1.33 bits per heavy atom. The highest BCUT2D eigenvalue weighted by Crippen LogP contribution is 2.29.